The first kappa shape index (κ1) is 20.2. The number of hydrazone groups is 1. The van der Waals surface area contributed by atoms with Crippen LogP contribution in [0.5, 0.6) is 0 Å². The van der Waals surface area contributed by atoms with Crippen LogP contribution in [0.2, 0.25) is 0 Å². The summed E-state index contributed by atoms with van der Waals surface area (Å²) in [7, 11) is 0. The SMILES string of the molecule is Cc1ccc(C2=NN(C(=O)COC(=O)C3(c4ccccc4)CC3)[C@@H](c3ccco3)C2)cc1. The van der Waals surface area contributed by atoms with Crippen LogP contribution in [0.25, 0.3) is 0 Å². The number of ether oxygens (including phenoxy) is 1. The van der Waals surface area contributed by atoms with Crippen molar-refractivity contribution in [2.45, 2.75) is 37.6 Å². The lowest BCUT2D eigenvalue weighted by atomic mass is 9.96. The highest BCUT2D eigenvalue weighted by molar-refractivity contribution is 6.03. The molecular formula is C26H24N2O4. The average Bonchev–Trinajstić information content (AvgIpc) is 3.23. The number of furan rings is 1. The first-order valence-electron chi connectivity index (χ1n) is 10.8. The van der Waals surface area contributed by atoms with E-state index < -0.39 is 5.41 Å². The summed E-state index contributed by atoms with van der Waals surface area (Å²) in [4.78, 5) is 25.9. The highest BCUT2D eigenvalue weighted by atomic mass is 16.5. The number of carbonyl (C=O) groups is 2. The van der Waals surface area contributed by atoms with Gasteiger partial charge in [-0.15, -0.1) is 0 Å². The monoisotopic (exact) mass is 428 g/mol. The van der Waals surface area contributed by atoms with E-state index in [1.165, 1.54) is 5.01 Å². The molecule has 1 aromatic heterocycles. The number of hydrogen-bond donors (Lipinski definition) is 0. The minimum atomic E-state index is -0.622. The van der Waals surface area contributed by atoms with Crippen LogP contribution in [0.1, 0.15) is 47.8 Å². The molecule has 1 atom stereocenters. The minimum Gasteiger partial charge on any atom is -0.467 e. The number of amides is 1. The van der Waals surface area contributed by atoms with Gasteiger partial charge in [-0.3, -0.25) is 9.59 Å². The first-order chi connectivity index (χ1) is 15.6. The molecule has 1 amide bonds. The Bertz CT molecular complexity index is 1150. The molecule has 2 aliphatic rings. The lowest BCUT2D eigenvalue weighted by molar-refractivity contribution is -0.155. The molecule has 162 valence electrons. The van der Waals surface area contributed by atoms with Gasteiger partial charge in [0.1, 0.15) is 11.8 Å². The molecule has 5 rings (SSSR count). The van der Waals surface area contributed by atoms with E-state index in [9.17, 15) is 9.59 Å². The fraction of sp³-hybridized carbons (Fsp3) is 0.269. The van der Waals surface area contributed by atoms with E-state index in [0.717, 1.165) is 35.2 Å². The van der Waals surface area contributed by atoms with Gasteiger partial charge >= 0.3 is 5.97 Å². The third-order valence-corrected chi connectivity index (χ3v) is 6.22. The van der Waals surface area contributed by atoms with Crippen molar-refractivity contribution in [3.63, 3.8) is 0 Å². The Morgan fingerprint density at radius 1 is 1.06 bits per heavy atom. The van der Waals surface area contributed by atoms with Crippen molar-refractivity contribution in [3.05, 3.63) is 95.4 Å². The molecule has 0 unspecified atom stereocenters. The zero-order valence-corrected chi connectivity index (χ0v) is 17.9. The third-order valence-electron chi connectivity index (χ3n) is 6.22. The van der Waals surface area contributed by atoms with Crippen molar-refractivity contribution in [1.29, 1.82) is 0 Å². The smallest absolute Gasteiger partial charge is 0.317 e. The maximum atomic E-state index is 13.1. The van der Waals surface area contributed by atoms with E-state index in [-0.39, 0.29) is 24.5 Å². The largest absolute Gasteiger partial charge is 0.467 e. The highest BCUT2D eigenvalue weighted by Gasteiger charge is 2.53. The van der Waals surface area contributed by atoms with Gasteiger partial charge in [0, 0.05) is 6.42 Å². The molecule has 1 saturated carbocycles. The minimum absolute atomic E-state index is 0.352. The fourth-order valence-corrected chi connectivity index (χ4v) is 4.19. The summed E-state index contributed by atoms with van der Waals surface area (Å²) in [5.41, 5.74) is 3.23. The number of aryl methyl sites for hydroxylation is 1. The standard InChI is InChI=1S/C26H24N2O4/c1-18-9-11-19(12-10-18)21-16-22(23-8-5-15-31-23)28(27-21)24(29)17-32-25(30)26(13-14-26)20-6-3-2-4-7-20/h2-12,15,22H,13-14,16-17H2,1H3/t22-/m1/s1. The molecule has 32 heavy (non-hydrogen) atoms. The molecule has 6 nitrogen and oxygen atoms in total. The van der Waals surface area contributed by atoms with Gasteiger partial charge in [-0.1, -0.05) is 60.2 Å². The highest BCUT2D eigenvalue weighted by Crippen LogP contribution is 2.49. The van der Waals surface area contributed by atoms with Gasteiger partial charge < -0.3 is 9.15 Å². The summed E-state index contributed by atoms with van der Waals surface area (Å²) < 4.78 is 11.1. The molecule has 0 radical (unpaired) electrons. The maximum Gasteiger partial charge on any atom is 0.317 e. The van der Waals surface area contributed by atoms with Crippen molar-refractivity contribution in [1.82, 2.24) is 5.01 Å². The Morgan fingerprint density at radius 2 is 1.81 bits per heavy atom. The molecule has 0 spiro atoms. The summed E-state index contributed by atoms with van der Waals surface area (Å²) in [5, 5.41) is 5.98. The van der Waals surface area contributed by atoms with Crippen molar-refractivity contribution in [2.75, 3.05) is 6.61 Å². The molecule has 0 saturated heterocycles. The molecule has 0 bridgehead atoms. The third kappa shape index (κ3) is 3.73. The Kier molecular flexibility index (Phi) is 5.13. The van der Waals surface area contributed by atoms with Crippen LogP contribution in [0.15, 0.2) is 82.5 Å². The number of esters is 1. The first-order valence-corrected chi connectivity index (χ1v) is 10.8. The summed E-state index contributed by atoms with van der Waals surface area (Å²) >= 11 is 0. The second-order valence-electron chi connectivity index (χ2n) is 8.41. The molecule has 3 aromatic rings. The Balaban J connectivity index is 1.32. The van der Waals surface area contributed by atoms with E-state index in [1.54, 1.807) is 12.3 Å². The van der Waals surface area contributed by atoms with E-state index >= 15 is 0 Å². The average molecular weight is 428 g/mol. The lowest BCUT2D eigenvalue weighted by Gasteiger charge is -2.20. The van der Waals surface area contributed by atoms with Crippen molar-refractivity contribution < 1.29 is 18.7 Å². The molecular weight excluding hydrogens is 404 g/mol. The second-order valence-corrected chi connectivity index (χ2v) is 8.41. The number of benzene rings is 2. The van der Waals surface area contributed by atoms with E-state index in [0.29, 0.717) is 12.2 Å². The topological polar surface area (TPSA) is 72.1 Å². The predicted octanol–water partition coefficient (Wildman–Crippen LogP) is 4.54. The van der Waals surface area contributed by atoms with Crippen LogP contribution < -0.4 is 0 Å². The van der Waals surface area contributed by atoms with Crippen molar-refractivity contribution in [3.8, 4) is 0 Å². The molecule has 1 fully saturated rings. The number of rotatable bonds is 6. The number of nitrogens with zero attached hydrogens (tertiary/aromatic N) is 2. The molecule has 0 N–H and O–H groups in total. The van der Waals surface area contributed by atoms with E-state index in [4.69, 9.17) is 9.15 Å². The van der Waals surface area contributed by atoms with Crippen LogP contribution in [-0.2, 0) is 19.7 Å². The van der Waals surface area contributed by atoms with E-state index in [1.807, 2.05) is 67.6 Å². The maximum absolute atomic E-state index is 13.1. The van der Waals surface area contributed by atoms with Gasteiger partial charge in [0.2, 0.25) is 0 Å². The molecule has 1 aliphatic carbocycles. The second kappa shape index (κ2) is 8.11. The Hall–Kier alpha value is -3.67. The quantitative estimate of drug-likeness (QED) is 0.541. The van der Waals surface area contributed by atoms with Gasteiger partial charge in [-0.25, -0.2) is 5.01 Å². The molecule has 2 heterocycles. The van der Waals surface area contributed by atoms with Crippen LogP contribution in [0.3, 0.4) is 0 Å². The van der Waals surface area contributed by atoms with Gasteiger partial charge in [-0.2, -0.15) is 5.10 Å². The summed E-state index contributed by atoms with van der Waals surface area (Å²) in [6, 6.07) is 20.9. The zero-order chi connectivity index (χ0) is 22.1. The van der Waals surface area contributed by atoms with Crippen LogP contribution in [0.4, 0.5) is 0 Å². The summed E-state index contributed by atoms with van der Waals surface area (Å²) in [5.74, 6) is -0.0715. The van der Waals surface area contributed by atoms with Crippen molar-refractivity contribution >= 4 is 17.6 Å². The molecule has 6 heteroatoms. The van der Waals surface area contributed by atoms with Gasteiger partial charge in [0.15, 0.2) is 6.61 Å². The summed E-state index contributed by atoms with van der Waals surface area (Å²) in [6.07, 6.45) is 3.58. The van der Waals surface area contributed by atoms with Gasteiger partial charge in [0.25, 0.3) is 5.91 Å². The summed E-state index contributed by atoms with van der Waals surface area (Å²) in [6.45, 7) is 1.67. The number of carbonyl (C=O) groups excluding carboxylic acids is 2. The fourth-order valence-electron chi connectivity index (χ4n) is 4.19. The predicted molar refractivity (Wildman–Crippen MR) is 119 cm³/mol. The normalized spacial score (nSPS) is 18.8. The molecule has 1 aliphatic heterocycles. The van der Waals surface area contributed by atoms with Gasteiger partial charge in [-0.05, 0) is 43.0 Å². The van der Waals surface area contributed by atoms with Crippen LogP contribution in [-0.4, -0.2) is 29.2 Å². The van der Waals surface area contributed by atoms with Crippen molar-refractivity contribution in [2.24, 2.45) is 5.10 Å². The van der Waals surface area contributed by atoms with E-state index in [2.05, 4.69) is 5.10 Å². The zero-order valence-electron chi connectivity index (χ0n) is 17.9. The molecule has 2 aromatic carbocycles. The van der Waals surface area contributed by atoms with Gasteiger partial charge in [0.05, 0.1) is 17.4 Å². The Labute approximate surface area is 186 Å². The van der Waals surface area contributed by atoms with Crippen LogP contribution >= 0.6 is 0 Å². The Morgan fingerprint density at radius 3 is 2.47 bits per heavy atom. The number of hydrogen-bond acceptors (Lipinski definition) is 5. The lowest BCUT2D eigenvalue weighted by Crippen LogP contribution is -2.33. The van der Waals surface area contributed by atoms with Crippen LogP contribution in [0, 0.1) is 6.92 Å².